The molecule has 0 atom stereocenters. The van der Waals surface area contributed by atoms with E-state index in [9.17, 15) is 9.59 Å². The summed E-state index contributed by atoms with van der Waals surface area (Å²) in [6.45, 7) is 0.843. The number of nitriles is 1. The molecule has 2 aromatic carbocycles. The number of carbonyl (C=O) groups excluding carboxylic acids is 2. The van der Waals surface area contributed by atoms with Crippen LogP contribution in [0.1, 0.15) is 34.3 Å². The molecule has 0 unspecified atom stereocenters. The summed E-state index contributed by atoms with van der Waals surface area (Å²) in [4.78, 5) is 23.6. The summed E-state index contributed by atoms with van der Waals surface area (Å²) in [5, 5.41) is 14.4. The van der Waals surface area contributed by atoms with E-state index in [1.54, 1.807) is 30.3 Å². The normalized spacial score (nSPS) is 9.79. The molecule has 0 radical (unpaired) electrons. The Morgan fingerprint density at radius 1 is 1.00 bits per heavy atom. The van der Waals surface area contributed by atoms with Gasteiger partial charge in [-0.15, -0.1) is 0 Å². The Morgan fingerprint density at radius 2 is 1.79 bits per heavy atom. The molecule has 5 heteroatoms. The number of amides is 2. The highest BCUT2D eigenvalue weighted by Crippen LogP contribution is 2.04. The lowest BCUT2D eigenvalue weighted by molar-refractivity contribution is -0.121. The maximum Gasteiger partial charge on any atom is 0.251 e. The molecule has 0 spiro atoms. The molecule has 0 aromatic heterocycles. The second-order valence-corrected chi connectivity index (χ2v) is 5.31. The fraction of sp³-hybridized carbons (Fsp3) is 0.211. The van der Waals surface area contributed by atoms with Crippen LogP contribution in [-0.4, -0.2) is 18.4 Å². The molecule has 0 aliphatic carbocycles. The van der Waals surface area contributed by atoms with E-state index in [1.807, 2.05) is 24.3 Å². The Labute approximate surface area is 141 Å². The van der Waals surface area contributed by atoms with Crippen LogP contribution in [0, 0.1) is 11.3 Å². The van der Waals surface area contributed by atoms with Crippen LogP contribution in [0.4, 0.5) is 0 Å². The van der Waals surface area contributed by atoms with Crippen LogP contribution in [0.25, 0.3) is 0 Å². The van der Waals surface area contributed by atoms with Crippen LogP contribution in [0.3, 0.4) is 0 Å². The molecule has 122 valence electrons. The molecule has 0 fully saturated rings. The number of hydrogen-bond acceptors (Lipinski definition) is 3. The Kier molecular flexibility index (Phi) is 6.54. The van der Waals surface area contributed by atoms with E-state index in [1.165, 1.54) is 0 Å². The third-order valence-electron chi connectivity index (χ3n) is 3.45. The molecule has 0 saturated carbocycles. The van der Waals surface area contributed by atoms with Crippen molar-refractivity contribution in [3.63, 3.8) is 0 Å². The Morgan fingerprint density at radius 3 is 2.54 bits per heavy atom. The first-order valence-corrected chi connectivity index (χ1v) is 7.78. The monoisotopic (exact) mass is 321 g/mol. The van der Waals surface area contributed by atoms with E-state index in [-0.39, 0.29) is 11.8 Å². The minimum absolute atomic E-state index is 0.0775. The van der Waals surface area contributed by atoms with Crippen LogP contribution in [0.2, 0.25) is 0 Å². The van der Waals surface area contributed by atoms with E-state index < -0.39 is 0 Å². The van der Waals surface area contributed by atoms with Gasteiger partial charge in [0.1, 0.15) is 0 Å². The second-order valence-electron chi connectivity index (χ2n) is 5.31. The topological polar surface area (TPSA) is 82.0 Å². The summed E-state index contributed by atoms with van der Waals surface area (Å²) in [6.07, 6.45) is 0.912. The first kappa shape index (κ1) is 17.2. The molecule has 2 amide bonds. The quantitative estimate of drug-likeness (QED) is 0.768. The molecule has 0 aliphatic rings. The standard InChI is InChI=1S/C19H19N3O2/c20-13-15-6-4-7-16(12-15)14-22-18(23)10-5-11-21-19(24)17-8-2-1-3-9-17/h1-4,6-9,12H,5,10-11,14H2,(H,21,24)(H,22,23). The van der Waals surface area contributed by atoms with Gasteiger partial charge in [-0.3, -0.25) is 9.59 Å². The van der Waals surface area contributed by atoms with Crippen molar-refractivity contribution in [2.24, 2.45) is 0 Å². The van der Waals surface area contributed by atoms with Crippen LogP contribution in [0.5, 0.6) is 0 Å². The SMILES string of the molecule is N#Cc1cccc(CNC(=O)CCCNC(=O)c2ccccc2)c1. The van der Waals surface area contributed by atoms with Gasteiger partial charge in [-0.05, 0) is 36.2 Å². The number of rotatable bonds is 7. The summed E-state index contributed by atoms with van der Waals surface area (Å²) < 4.78 is 0. The number of nitrogens with one attached hydrogen (secondary N) is 2. The van der Waals surface area contributed by atoms with Crippen molar-refractivity contribution in [2.75, 3.05) is 6.54 Å². The lowest BCUT2D eigenvalue weighted by atomic mass is 10.1. The maximum absolute atomic E-state index is 11.8. The van der Waals surface area contributed by atoms with Crippen molar-refractivity contribution >= 4 is 11.8 Å². The highest BCUT2D eigenvalue weighted by atomic mass is 16.2. The minimum atomic E-state index is -0.135. The third-order valence-corrected chi connectivity index (χ3v) is 3.45. The van der Waals surface area contributed by atoms with Crippen molar-refractivity contribution in [3.05, 3.63) is 71.3 Å². The third kappa shape index (κ3) is 5.58. The van der Waals surface area contributed by atoms with Crippen molar-refractivity contribution in [1.29, 1.82) is 5.26 Å². The molecule has 2 N–H and O–H groups in total. The average Bonchev–Trinajstić information content (AvgIpc) is 2.64. The number of benzene rings is 2. The summed E-state index contributed by atoms with van der Waals surface area (Å²) in [5.74, 6) is -0.212. The number of nitrogens with zero attached hydrogens (tertiary/aromatic N) is 1. The molecule has 0 aliphatic heterocycles. The Hall–Kier alpha value is -3.13. The van der Waals surface area contributed by atoms with E-state index in [2.05, 4.69) is 16.7 Å². The summed E-state index contributed by atoms with van der Waals surface area (Å²) in [7, 11) is 0. The molecule has 2 aromatic rings. The van der Waals surface area contributed by atoms with Crippen LogP contribution >= 0.6 is 0 Å². The van der Waals surface area contributed by atoms with Crippen molar-refractivity contribution < 1.29 is 9.59 Å². The van der Waals surface area contributed by atoms with Gasteiger partial charge in [0.15, 0.2) is 0 Å². The number of hydrogen-bond donors (Lipinski definition) is 2. The van der Waals surface area contributed by atoms with E-state index in [0.29, 0.717) is 37.1 Å². The van der Waals surface area contributed by atoms with Gasteiger partial charge >= 0.3 is 0 Å². The highest BCUT2D eigenvalue weighted by molar-refractivity contribution is 5.94. The molecule has 24 heavy (non-hydrogen) atoms. The minimum Gasteiger partial charge on any atom is -0.352 e. The lowest BCUT2D eigenvalue weighted by Gasteiger charge is -2.07. The zero-order valence-corrected chi connectivity index (χ0v) is 13.3. The van der Waals surface area contributed by atoms with Crippen molar-refractivity contribution in [2.45, 2.75) is 19.4 Å². The van der Waals surface area contributed by atoms with Gasteiger partial charge in [-0.1, -0.05) is 30.3 Å². The number of carbonyl (C=O) groups is 2. The summed E-state index contributed by atoms with van der Waals surface area (Å²) in [5.41, 5.74) is 2.07. The van der Waals surface area contributed by atoms with Crippen molar-refractivity contribution in [1.82, 2.24) is 10.6 Å². The summed E-state index contributed by atoms with van der Waals surface area (Å²) >= 11 is 0. The first-order chi connectivity index (χ1) is 11.7. The van der Waals surface area contributed by atoms with Crippen LogP contribution in [-0.2, 0) is 11.3 Å². The smallest absolute Gasteiger partial charge is 0.251 e. The van der Waals surface area contributed by atoms with E-state index in [4.69, 9.17) is 5.26 Å². The molecular formula is C19H19N3O2. The average molecular weight is 321 g/mol. The highest BCUT2D eigenvalue weighted by Gasteiger charge is 2.05. The van der Waals surface area contributed by atoms with Crippen LogP contribution in [0.15, 0.2) is 54.6 Å². The van der Waals surface area contributed by atoms with Gasteiger partial charge < -0.3 is 10.6 Å². The molecule has 0 heterocycles. The first-order valence-electron chi connectivity index (χ1n) is 7.78. The van der Waals surface area contributed by atoms with E-state index in [0.717, 1.165) is 5.56 Å². The van der Waals surface area contributed by atoms with Crippen molar-refractivity contribution in [3.8, 4) is 6.07 Å². The fourth-order valence-electron chi connectivity index (χ4n) is 2.18. The van der Waals surface area contributed by atoms with Gasteiger partial charge in [-0.25, -0.2) is 0 Å². The molecule has 2 rings (SSSR count). The molecule has 0 bridgehead atoms. The Balaban J connectivity index is 1.65. The van der Waals surface area contributed by atoms with E-state index >= 15 is 0 Å². The van der Waals surface area contributed by atoms with Gasteiger partial charge in [0.25, 0.3) is 5.91 Å². The van der Waals surface area contributed by atoms with Gasteiger partial charge in [0.05, 0.1) is 11.6 Å². The zero-order valence-electron chi connectivity index (χ0n) is 13.3. The maximum atomic E-state index is 11.8. The zero-order chi connectivity index (χ0) is 17.2. The Bertz CT molecular complexity index is 736. The predicted octanol–water partition coefficient (Wildman–Crippen LogP) is 2.38. The molecule has 5 nitrogen and oxygen atoms in total. The van der Waals surface area contributed by atoms with Crippen LogP contribution < -0.4 is 10.6 Å². The lowest BCUT2D eigenvalue weighted by Crippen LogP contribution is -2.27. The van der Waals surface area contributed by atoms with Gasteiger partial charge in [0, 0.05) is 25.1 Å². The fourth-order valence-corrected chi connectivity index (χ4v) is 2.18. The van der Waals surface area contributed by atoms with Gasteiger partial charge in [-0.2, -0.15) is 5.26 Å². The molecular weight excluding hydrogens is 302 g/mol. The summed E-state index contributed by atoms with van der Waals surface area (Å²) in [6, 6.07) is 18.2. The second kappa shape index (κ2) is 9.11. The van der Waals surface area contributed by atoms with Gasteiger partial charge in [0.2, 0.25) is 5.91 Å². The predicted molar refractivity (Wildman–Crippen MR) is 91.0 cm³/mol. The molecule has 0 saturated heterocycles. The largest absolute Gasteiger partial charge is 0.352 e.